The minimum absolute atomic E-state index is 0.243. The molecule has 2 rings (SSSR count). The number of carbonyl (C=O) groups is 2. The van der Waals surface area contributed by atoms with Crippen molar-refractivity contribution < 1.29 is 14.3 Å². The number of rotatable bonds is 2. The quantitative estimate of drug-likeness (QED) is 0.788. The van der Waals surface area contributed by atoms with Gasteiger partial charge < -0.3 is 9.30 Å². The lowest BCUT2D eigenvalue weighted by atomic mass is 10.2. The van der Waals surface area contributed by atoms with Gasteiger partial charge in [0.25, 0.3) is 0 Å². The maximum Gasteiger partial charge on any atom is 0.338 e. The van der Waals surface area contributed by atoms with Gasteiger partial charge in [-0.3, -0.25) is 4.79 Å². The number of aryl methyl sites for hydroxylation is 1. The maximum atomic E-state index is 11.7. The van der Waals surface area contributed by atoms with Crippen molar-refractivity contribution in [3.05, 3.63) is 28.6 Å². The van der Waals surface area contributed by atoms with Crippen LogP contribution in [0.5, 0.6) is 0 Å². The molecule has 19 heavy (non-hydrogen) atoms. The van der Waals surface area contributed by atoms with Crippen LogP contribution in [0.4, 0.5) is 0 Å². The molecule has 0 atom stereocenters. The molecule has 100 valence electrons. The van der Waals surface area contributed by atoms with Gasteiger partial charge in [0.15, 0.2) is 4.80 Å². The van der Waals surface area contributed by atoms with Crippen molar-refractivity contribution in [1.82, 2.24) is 4.57 Å². The molecule has 0 bridgehead atoms. The highest BCUT2D eigenvalue weighted by molar-refractivity contribution is 7.16. The first-order valence-electron chi connectivity index (χ1n) is 5.85. The smallest absolute Gasteiger partial charge is 0.338 e. The number of nitrogens with zero attached hydrogens (tertiary/aromatic N) is 2. The van der Waals surface area contributed by atoms with E-state index in [9.17, 15) is 9.59 Å². The molecular formula is C13H14N2O3S. The van der Waals surface area contributed by atoms with Crippen LogP contribution in [0.2, 0.25) is 0 Å². The third-order valence-corrected chi connectivity index (χ3v) is 3.67. The van der Waals surface area contributed by atoms with Crippen molar-refractivity contribution in [3.63, 3.8) is 0 Å². The number of hydrogen-bond donors (Lipinski definition) is 0. The zero-order chi connectivity index (χ0) is 14.0. The summed E-state index contributed by atoms with van der Waals surface area (Å²) in [5.74, 6) is -0.585. The molecule has 1 aromatic heterocycles. The Labute approximate surface area is 114 Å². The lowest BCUT2D eigenvalue weighted by molar-refractivity contribution is -0.116. The van der Waals surface area contributed by atoms with Gasteiger partial charge in [0.1, 0.15) is 0 Å². The lowest BCUT2D eigenvalue weighted by Gasteiger charge is -2.01. The molecule has 0 aliphatic carbocycles. The Morgan fingerprint density at radius 3 is 2.79 bits per heavy atom. The zero-order valence-corrected chi connectivity index (χ0v) is 11.8. The molecular weight excluding hydrogens is 264 g/mol. The Morgan fingerprint density at radius 1 is 1.42 bits per heavy atom. The molecule has 0 unspecified atom stereocenters. The van der Waals surface area contributed by atoms with Crippen molar-refractivity contribution in [2.75, 3.05) is 6.61 Å². The van der Waals surface area contributed by atoms with Crippen LogP contribution in [0, 0.1) is 0 Å². The summed E-state index contributed by atoms with van der Waals surface area (Å²) in [6.45, 7) is 3.53. The van der Waals surface area contributed by atoms with Gasteiger partial charge in [-0.2, -0.15) is 4.99 Å². The molecule has 2 aromatic rings. The van der Waals surface area contributed by atoms with Crippen LogP contribution in [0.15, 0.2) is 23.2 Å². The third-order valence-electron chi connectivity index (χ3n) is 2.57. The average Bonchev–Trinajstić information content (AvgIpc) is 2.65. The van der Waals surface area contributed by atoms with E-state index in [2.05, 4.69) is 4.99 Å². The second-order valence-corrected chi connectivity index (χ2v) is 4.99. The number of carbonyl (C=O) groups excluding carboxylic acids is 2. The van der Waals surface area contributed by atoms with Crippen molar-refractivity contribution in [3.8, 4) is 0 Å². The SMILES string of the molecule is CCOC(=O)c1ccc2c(c1)sc(=NC(C)=O)n2C. The van der Waals surface area contributed by atoms with Crippen LogP contribution in [-0.2, 0) is 16.6 Å². The minimum Gasteiger partial charge on any atom is -0.462 e. The molecule has 6 heteroatoms. The van der Waals surface area contributed by atoms with E-state index >= 15 is 0 Å². The monoisotopic (exact) mass is 278 g/mol. The summed E-state index contributed by atoms with van der Waals surface area (Å²) < 4.78 is 7.69. The number of ether oxygens (including phenoxy) is 1. The fraction of sp³-hybridized carbons (Fsp3) is 0.308. The van der Waals surface area contributed by atoms with E-state index in [4.69, 9.17) is 4.74 Å². The highest BCUT2D eigenvalue weighted by Crippen LogP contribution is 2.19. The summed E-state index contributed by atoms with van der Waals surface area (Å²) in [6, 6.07) is 5.30. The summed E-state index contributed by atoms with van der Waals surface area (Å²) in [4.78, 5) is 27.3. The number of esters is 1. The summed E-state index contributed by atoms with van der Waals surface area (Å²) in [6.07, 6.45) is 0. The van der Waals surface area contributed by atoms with Crippen LogP contribution >= 0.6 is 11.3 Å². The maximum absolute atomic E-state index is 11.7. The molecule has 0 spiro atoms. The average molecular weight is 278 g/mol. The van der Waals surface area contributed by atoms with E-state index in [0.29, 0.717) is 17.0 Å². The summed E-state index contributed by atoms with van der Waals surface area (Å²) >= 11 is 1.37. The fourth-order valence-corrected chi connectivity index (χ4v) is 2.82. The summed E-state index contributed by atoms with van der Waals surface area (Å²) in [7, 11) is 1.84. The standard InChI is InChI=1S/C13H14N2O3S/c1-4-18-12(17)9-5-6-10-11(7-9)19-13(15(10)3)14-8(2)16/h5-7H,4H2,1-3H3. The second-order valence-electron chi connectivity index (χ2n) is 3.98. The molecule has 0 N–H and O–H groups in total. The van der Waals surface area contributed by atoms with Gasteiger partial charge in [-0.25, -0.2) is 4.79 Å². The highest BCUT2D eigenvalue weighted by Gasteiger charge is 2.10. The van der Waals surface area contributed by atoms with E-state index in [1.165, 1.54) is 18.3 Å². The highest BCUT2D eigenvalue weighted by atomic mass is 32.1. The van der Waals surface area contributed by atoms with Crippen LogP contribution in [0.25, 0.3) is 10.2 Å². The number of aromatic nitrogens is 1. The Bertz CT molecular complexity index is 712. The van der Waals surface area contributed by atoms with Crippen molar-refractivity contribution in [1.29, 1.82) is 0 Å². The largest absolute Gasteiger partial charge is 0.462 e. The van der Waals surface area contributed by atoms with E-state index in [-0.39, 0.29) is 11.9 Å². The predicted octanol–water partition coefficient (Wildman–Crippen LogP) is 1.86. The van der Waals surface area contributed by atoms with Crippen molar-refractivity contribution in [2.45, 2.75) is 13.8 Å². The number of amides is 1. The second kappa shape index (κ2) is 5.36. The summed E-state index contributed by atoms with van der Waals surface area (Å²) in [5.41, 5.74) is 1.43. The van der Waals surface area contributed by atoms with Gasteiger partial charge in [-0.05, 0) is 25.1 Å². The van der Waals surface area contributed by atoms with Gasteiger partial charge in [-0.15, -0.1) is 0 Å². The first-order valence-corrected chi connectivity index (χ1v) is 6.66. The van der Waals surface area contributed by atoms with Crippen molar-refractivity contribution in [2.24, 2.45) is 12.0 Å². The molecule has 0 aliphatic heterocycles. The molecule has 1 amide bonds. The van der Waals surface area contributed by atoms with Crippen LogP contribution in [-0.4, -0.2) is 23.1 Å². The molecule has 0 saturated carbocycles. The molecule has 1 heterocycles. The van der Waals surface area contributed by atoms with E-state index < -0.39 is 0 Å². The van der Waals surface area contributed by atoms with E-state index in [1.807, 2.05) is 17.7 Å². The van der Waals surface area contributed by atoms with E-state index in [1.54, 1.807) is 19.1 Å². The molecule has 0 fully saturated rings. The Morgan fingerprint density at radius 2 is 2.16 bits per heavy atom. The fourth-order valence-electron chi connectivity index (χ4n) is 1.72. The van der Waals surface area contributed by atoms with Crippen molar-refractivity contribution >= 4 is 33.4 Å². The van der Waals surface area contributed by atoms with Crippen LogP contribution in [0.3, 0.4) is 0 Å². The molecule has 0 radical (unpaired) electrons. The first kappa shape index (κ1) is 13.5. The van der Waals surface area contributed by atoms with Gasteiger partial charge in [-0.1, -0.05) is 11.3 Å². The number of hydrogen-bond acceptors (Lipinski definition) is 4. The molecule has 5 nitrogen and oxygen atoms in total. The number of thiazole rings is 1. The van der Waals surface area contributed by atoms with Gasteiger partial charge in [0.2, 0.25) is 5.91 Å². The number of fused-ring (bicyclic) bond motifs is 1. The Balaban J connectivity index is 2.56. The minimum atomic E-state index is -0.342. The summed E-state index contributed by atoms with van der Waals surface area (Å²) in [5, 5.41) is 0. The van der Waals surface area contributed by atoms with Crippen LogP contribution in [0.1, 0.15) is 24.2 Å². The first-order chi connectivity index (χ1) is 9.02. The van der Waals surface area contributed by atoms with Gasteiger partial charge in [0, 0.05) is 14.0 Å². The molecule has 0 saturated heterocycles. The third kappa shape index (κ3) is 2.73. The lowest BCUT2D eigenvalue weighted by Crippen LogP contribution is -2.11. The predicted molar refractivity (Wildman–Crippen MR) is 73.0 cm³/mol. The molecule has 1 aromatic carbocycles. The Kier molecular flexibility index (Phi) is 3.80. The van der Waals surface area contributed by atoms with Gasteiger partial charge in [0.05, 0.1) is 22.4 Å². The number of benzene rings is 1. The van der Waals surface area contributed by atoms with E-state index in [0.717, 1.165) is 10.2 Å². The normalized spacial score (nSPS) is 11.8. The Hall–Kier alpha value is -1.95. The zero-order valence-electron chi connectivity index (χ0n) is 11.0. The van der Waals surface area contributed by atoms with Gasteiger partial charge >= 0.3 is 5.97 Å². The molecule has 0 aliphatic rings. The topological polar surface area (TPSA) is 60.7 Å². The van der Waals surface area contributed by atoms with Crippen LogP contribution < -0.4 is 4.80 Å².